The molecule has 0 amide bonds. The monoisotopic (exact) mass is 163 g/mol. The van der Waals surface area contributed by atoms with E-state index in [-0.39, 0.29) is 6.61 Å². The summed E-state index contributed by atoms with van der Waals surface area (Å²) in [6.07, 6.45) is 6.37. The van der Waals surface area contributed by atoms with Crippen LogP contribution in [0.25, 0.3) is 6.08 Å². The standard InChI is InChI=1S/C10H13NO/c1-2-9(8-12)6-10-4-3-5-11-7-10/h3-7,12H,2,8H2,1H3/b9-6-. The zero-order valence-corrected chi connectivity index (χ0v) is 7.20. The molecule has 0 aliphatic heterocycles. The first-order valence-corrected chi connectivity index (χ1v) is 4.07. The topological polar surface area (TPSA) is 33.1 Å². The van der Waals surface area contributed by atoms with E-state index >= 15 is 0 Å². The summed E-state index contributed by atoms with van der Waals surface area (Å²) < 4.78 is 0. The van der Waals surface area contributed by atoms with Crippen molar-refractivity contribution >= 4 is 6.08 Å². The van der Waals surface area contributed by atoms with Crippen LogP contribution in [0.5, 0.6) is 0 Å². The minimum absolute atomic E-state index is 0.130. The minimum atomic E-state index is 0.130. The fourth-order valence-electron chi connectivity index (χ4n) is 0.957. The van der Waals surface area contributed by atoms with E-state index < -0.39 is 0 Å². The molecule has 12 heavy (non-hydrogen) atoms. The molecule has 1 aromatic rings. The molecule has 0 aliphatic carbocycles. The highest BCUT2D eigenvalue weighted by molar-refractivity contribution is 5.51. The van der Waals surface area contributed by atoms with Gasteiger partial charge in [0.1, 0.15) is 0 Å². The third-order valence-corrected chi connectivity index (χ3v) is 1.71. The van der Waals surface area contributed by atoms with Gasteiger partial charge < -0.3 is 5.11 Å². The fraction of sp³-hybridized carbons (Fsp3) is 0.300. The van der Waals surface area contributed by atoms with Gasteiger partial charge in [0.05, 0.1) is 6.61 Å². The summed E-state index contributed by atoms with van der Waals surface area (Å²) in [5, 5.41) is 8.90. The van der Waals surface area contributed by atoms with E-state index in [1.807, 2.05) is 25.1 Å². The summed E-state index contributed by atoms with van der Waals surface area (Å²) in [5.74, 6) is 0. The van der Waals surface area contributed by atoms with Crippen LogP contribution in [0, 0.1) is 0 Å². The molecule has 0 fully saturated rings. The molecular weight excluding hydrogens is 150 g/mol. The molecule has 0 atom stereocenters. The average molecular weight is 163 g/mol. The molecule has 1 N–H and O–H groups in total. The van der Waals surface area contributed by atoms with Crippen molar-refractivity contribution in [3.8, 4) is 0 Å². The zero-order valence-electron chi connectivity index (χ0n) is 7.20. The Labute approximate surface area is 72.6 Å². The molecule has 0 saturated carbocycles. The SMILES string of the molecule is CC/C(=C/c1cccnc1)CO. The molecule has 1 rings (SSSR count). The molecule has 0 radical (unpaired) electrons. The number of aliphatic hydroxyl groups excluding tert-OH is 1. The first-order chi connectivity index (χ1) is 5.86. The number of aromatic nitrogens is 1. The van der Waals surface area contributed by atoms with Crippen molar-refractivity contribution < 1.29 is 5.11 Å². The van der Waals surface area contributed by atoms with Crippen LogP contribution >= 0.6 is 0 Å². The maximum absolute atomic E-state index is 8.90. The van der Waals surface area contributed by atoms with Crippen LogP contribution in [-0.2, 0) is 0 Å². The second-order valence-corrected chi connectivity index (χ2v) is 2.60. The molecule has 2 nitrogen and oxygen atoms in total. The van der Waals surface area contributed by atoms with Crippen LogP contribution in [0.1, 0.15) is 18.9 Å². The van der Waals surface area contributed by atoms with Gasteiger partial charge in [0.2, 0.25) is 0 Å². The minimum Gasteiger partial charge on any atom is -0.392 e. The highest BCUT2D eigenvalue weighted by atomic mass is 16.3. The molecule has 1 aromatic heterocycles. The zero-order chi connectivity index (χ0) is 8.81. The summed E-state index contributed by atoms with van der Waals surface area (Å²) in [6, 6.07) is 3.86. The van der Waals surface area contributed by atoms with E-state index in [0.717, 1.165) is 17.6 Å². The van der Waals surface area contributed by atoms with Crippen molar-refractivity contribution in [2.75, 3.05) is 6.61 Å². The third-order valence-electron chi connectivity index (χ3n) is 1.71. The Kier molecular flexibility index (Phi) is 3.48. The quantitative estimate of drug-likeness (QED) is 0.737. The smallest absolute Gasteiger partial charge is 0.0644 e. The molecule has 0 aliphatic rings. The van der Waals surface area contributed by atoms with Crippen molar-refractivity contribution in [1.82, 2.24) is 4.98 Å². The van der Waals surface area contributed by atoms with Crippen LogP contribution in [-0.4, -0.2) is 16.7 Å². The van der Waals surface area contributed by atoms with E-state index in [4.69, 9.17) is 5.11 Å². The summed E-state index contributed by atoms with van der Waals surface area (Å²) in [5.41, 5.74) is 2.08. The van der Waals surface area contributed by atoms with Gasteiger partial charge >= 0.3 is 0 Å². The molecule has 0 bridgehead atoms. The maximum Gasteiger partial charge on any atom is 0.0644 e. The predicted molar refractivity (Wildman–Crippen MR) is 49.6 cm³/mol. The Hall–Kier alpha value is -1.15. The van der Waals surface area contributed by atoms with Gasteiger partial charge in [-0.3, -0.25) is 4.98 Å². The first-order valence-electron chi connectivity index (χ1n) is 4.07. The lowest BCUT2D eigenvalue weighted by molar-refractivity contribution is 0.329. The first kappa shape index (κ1) is 8.94. The summed E-state index contributed by atoms with van der Waals surface area (Å²) >= 11 is 0. The number of rotatable bonds is 3. The van der Waals surface area contributed by atoms with Crippen LogP contribution in [0.15, 0.2) is 30.1 Å². The van der Waals surface area contributed by atoms with Gasteiger partial charge in [-0.1, -0.05) is 19.1 Å². The van der Waals surface area contributed by atoms with Crippen LogP contribution in [0.3, 0.4) is 0 Å². The Balaban J connectivity index is 2.79. The van der Waals surface area contributed by atoms with Gasteiger partial charge in [0.25, 0.3) is 0 Å². The number of hydrogen-bond donors (Lipinski definition) is 1. The van der Waals surface area contributed by atoms with Crippen molar-refractivity contribution in [1.29, 1.82) is 0 Å². The predicted octanol–water partition coefficient (Wildman–Crippen LogP) is 1.87. The van der Waals surface area contributed by atoms with Crippen LogP contribution < -0.4 is 0 Å². The van der Waals surface area contributed by atoms with Crippen molar-refractivity contribution in [2.24, 2.45) is 0 Å². The molecule has 1 heterocycles. The summed E-state index contributed by atoms with van der Waals surface area (Å²) in [7, 11) is 0. The Morgan fingerprint density at radius 1 is 1.67 bits per heavy atom. The van der Waals surface area contributed by atoms with E-state index in [1.165, 1.54) is 0 Å². The molecule has 2 heteroatoms. The molecule has 0 aromatic carbocycles. The largest absolute Gasteiger partial charge is 0.392 e. The lowest BCUT2D eigenvalue weighted by Gasteiger charge is -1.98. The normalized spacial score (nSPS) is 11.7. The molecule has 0 unspecified atom stereocenters. The van der Waals surface area contributed by atoms with E-state index in [0.29, 0.717) is 0 Å². The van der Waals surface area contributed by atoms with E-state index in [1.54, 1.807) is 12.4 Å². The molecule has 0 saturated heterocycles. The highest BCUT2D eigenvalue weighted by Crippen LogP contribution is 2.06. The van der Waals surface area contributed by atoms with E-state index in [2.05, 4.69) is 4.98 Å². The number of pyridine rings is 1. The van der Waals surface area contributed by atoms with Gasteiger partial charge in [-0.15, -0.1) is 0 Å². The second kappa shape index (κ2) is 4.67. The lowest BCUT2D eigenvalue weighted by Crippen LogP contribution is -1.87. The third kappa shape index (κ3) is 2.47. The van der Waals surface area contributed by atoms with Crippen LogP contribution in [0.4, 0.5) is 0 Å². The number of hydrogen-bond acceptors (Lipinski definition) is 2. The maximum atomic E-state index is 8.90. The summed E-state index contributed by atoms with van der Waals surface area (Å²) in [4.78, 5) is 3.98. The van der Waals surface area contributed by atoms with Gasteiger partial charge in [-0.05, 0) is 23.6 Å². The molecular formula is C10H13NO. The van der Waals surface area contributed by atoms with Gasteiger partial charge in [-0.2, -0.15) is 0 Å². The Morgan fingerprint density at radius 2 is 2.50 bits per heavy atom. The average Bonchev–Trinajstić information content (AvgIpc) is 2.16. The lowest BCUT2D eigenvalue weighted by atomic mass is 10.1. The van der Waals surface area contributed by atoms with Gasteiger partial charge in [0, 0.05) is 12.4 Å². The van der Waals surface area contributed by atoms with E-state index in [9.17, 15) is 0 Å². The van der Waals surface area contributed by atoms with Gasteiger partial charge in [-0.25, -0.2) is 0 Å². The van der Waals surface area contributed by atoms with Crippen molar-refractivity contribution in [3.63, 3.8) is 0 Å². The van der Waals surface area contributed by atoms with Gasteiger partial charge in [0.15, 0.2) is 0 Å². The second-order valence-electron chi connectivity index (χ2n) is 2.60. The molecule has 64 valence electrons. The van der Waals surface area contributed by atoms with Crippen molar-refractivity contribution in [3.05, 3.63) is 35.7 Å². The van der Waals surface area contributed by atoms with Crippen LogP contribution in [0.2, 0.25) is 0 Å². The number of aliphatic hydroxyl groups is 1. The number of nitrogens with zero attached hydrogens (tertiary/aromatic N) is 1. The summed E-state index contributed by atoms with van der Waals surface area (Å²) in [6.45, 7) is 2.16. The Morgan fingerprint density at radius 3 is 3.00 bits per heavy atom. The van der Waals surface area contributed by atoms with Crippen molar-refractivity contribution in [2.45, 2.75) is 13.3 Å². The Bertz CT molecular complexity index is 248. The molecule has 0 spiro atoms. The fourth-order valence-corrected chi connectivity index (χ4v) is 0.957. The highest BCUT2D eigenvalue weighted by Gasteiger charge is 1.91.